The van der Waals surface area contributed by atoms with Crippen LogP contribution in [-0.4, -0.2) is 65.9 Å². The quantitative estimate of drug-likeness (QED) is 0.223. The van der Waals surface area contributed by atoms with Crippen molar-refractivity contribution in [1.29, 1.82) is 0 Å². The third-order valence-corrected chi connectivity index (χ3v) is 9.85. The highest BCUT2D eigenvalue weighted by atomic mass is 35.5. The second-order valence-corrected chi connectivity index (χ2v) is 13.0. The summed E-state index contributed by atoms with van der Waals surface area (Å²) in [6, 6.07) is 21.3. The number of carbonyl (C=O) groups excluding carboxylic acids is 2. The summed E-state index contributed by atoms with van der Waals surface area (Å²) in [5, 5.41) is 1.31. The van der Waals surface area contributed by atoms with Gasteiger partial charge in [0.2, 0.25) is 5.91 Å². The number of para-hydroxylation sites is 1. The van der Waals surface area contributed by atoms with E-state index >= 15 is 0 Å². The number of esters is 1. The molecule has 12 heteroatoms. The Morgan fingerprint density at radius 2 is 1.82 bits per heavy atom. The van der Waals surface area contributed by atoms with Crippen molar-refractivity contribution in [2.24, 2.45) is 4.99 Å². The molecule has 4 heterocycles. The predicted molar refractivity (Wildman–Crippen MR) is 188 cm³/mol. The number of rotatable bonds is 8. The van der Waals surface area contributed by atoms with Gasteiger partial charge in [0.05, 0.1) is 42.7 Å². The number of amides is 1. The average Bonchev–Trinajstić information content (AvgIpc) is 3.63. The number of morpholine rings is 1. The van der Waals surface area contributed by atoms with E-state index in [0.29, 0.717) is 63.2 Å². The van der Waals surface area contributed by atoms with Crippen molar-refractivity contribution in [1.82, 2.24) is 14.0 Å². The van der Waals surface area contributed by atoms with Crippen LogP contribution >= 0.6 is 22.9 Å². The van der Waals surface area contributed by atoms with Crippen LogP contribution in [0.2, 0.25) is 5.02 Å². The maximum atomic E-state index is 14.5. The van der Waals surface area contributed by atoms with Crippen LogP contribution in [0.5, 0.6) is 5.75 Å². The highest BCUT2D eigenvalue weighted by Crippen LogP contribution is 2.39. The van der Waals surface area contributed by atoms with Crippen LogP contribution in [0.15, 0.2) is 94.4 Å². The molecule has 1 saturated heterocycles. The SMILES string of the molecule is CCOC(=O)C1=C(c2ccccc2)N=c2s/c(=C\c3cn(CC(=O)N4CCOCC4)c4ccccc34)c(=O)n2[C@H]1c1cc(Cl)ccc1OC. The van der Waals surface area contributed by atoms with Crippen molar-refractivity contribution in [3.8, 4) is 5.75 Å². The lowest BCUT2D eigenvalue weighted by Crippen LogP contribution is -2.42. The molecule has 7 rings (SSSR count). The van der Waals surface area contributed by atoms with E-state index in [1.807, 2.05) is 76.3 Å². The molecular formula is C37H33ClN4O6S. The number of hydrogen-bond acceptors (Lipinski definition) is 8. The summed E-state index contributed by atoms with van der Waals surface area (Å²) in [5.74, 6) is -0.141. The summed E-state index contributed by atoms with van der Waals surface area (Å²) in [6.07, 6.45) is 3.72. The number of fused-ring (bicyclic) bond motifs is 2. The molecule has 0 saturated carbocycles. The van der Waals surface area contributed by atoms with Crippen LogP contribution in [0.4, 0.5) is 0 Å². The van der Waals surface area contributed by atoms with Gasteiger partial charge in [-0.05, 0) is 37.3 Å². The van der Waals surface area contributed by atoms with Crippen molar-refractivity contribution in [2.75, 3.05) is 40.0 Å². The highest BCUT2D eigenvalue weighted by Gasteiger charge is 2.37. The van der Waals surface area contributed by atoms with E-state index in [4.69, 9.17) is 30.8 Å². The topological polar surface area (TPSA) is 104 Å². The molecule has 0 aliphatic carbocycles. The van der Waals surface area contributed by atoms with Crippen LogP contribution in [-0.2, 0) is 25.6 Å². The van der Waals surface area contributed by atoms with Gasteiger partial charge in [-0.25, -0.2) is 9.79 Å². The van der Waals surface area contributed by atoms with E-state index in [1.165, 1.54) is 23.0 Å². The Kier molecular flexibility index (Phi) is 9.22. The van der Waals surface area contributed by atoms with Gasteiger partial charge in [-0.15, -0.1) is 0 Å². The number of methoxy groups -OCH3 is 1. The lowest BCUT2D eigenvalue weighted by Gasteiger charge is -2.27. The number of halogens is 1. The Morgan fingerprint density at radius 1 is 1.06 bits per heavy atom. The van der Waals surface area contributed by atoms with Gasteiger partial charge in [-0.2, -0.15) is 0 Å². The molecule has 0 spiro atoms. The Morgan fingerprint density at radius 3 is 2.57 bits per heavy atom. The Labute approximate surface area is 290 Å². The molecule has 250 valence electrons. The molecule has 1 fully saturated rings. The number of thiazole rings is 1. The number of carbonyl (C=O) groups is 2. The van der Waals surface area contributed by atoms with Crippen molar-refractivity contribution in [3.63, 3.8) is 0 Å². The molecule has 1 atom stereocenters. The maximum Gasteiger partial charge on any atom is 0.338 e. The van der Waals surface area contributed by atoms with E-state index in [1.54, 1.807) is 25.1 Å². The normalized spacial score (nSPS) is 16.4. The fourth-order valence-corrected chi connectivity index (χ4v) is 7.55. The second kappa shape index (κ2) is 13.9. The second-order valence-electron chi connectivity index (χ2n) is 11.5. The van der Waals surface area contributed by atoms with E-state index in [2.05, 4.69) is 0 Å². The monoisotopic (exact) mass is 696 g/mol. The lowest BCUT2D eigenvalue weighted by atomic mass is 9.92. The first-order valence-electron chi connectivity index (χ1n) is 15.9. The van der Waals surface area contributed by atoms with Gasteiger partial charge in [-0.3, -0.25) is 14.2 Å². The first-order chi connectivity index (χ1) is 23.9. The molecule has 5 aromatic rings. The zero-order valence-electron chi connectivity index (χ0n) is 26.9. The van der Waals surface area contributed by atoms with Gasteiger partial charge in [0.25, 0.3) is 5.56 Å². The minimum atomic E-state index is -0.950. The Hall–Kier alpha value is -4.97. The number of benzene rings is 3. The first kappa shape index (κ1) is 32.6. The van der Waals surface area contributed by atoms with Gasteiger partial charge < -0.3 is 23.7 Å². The van der Waals surface area contributed by atoms with E-state index < -0.39 is 12.0 Å². The highest BCUT2D eigenvalue weighted by molar-refractivity contribution is 7.07. The van der Waals surface area contributed by atoms with Crippen LogP contribution in [0.3, 0.4) is 0 Å². The zero-order valence-corrected chi connectivity index (χ0v) is 28.5. The largest absolute Gasteiger partial charge is 0.496 e. The number of aromatic nitrogens is 2. The van der Waals surface area contributed by atoms with Crippen LogP contribution in [0.1, 0.15) is 29.7 Å². The van der Waals surface area contributed by atoms with Crippen molar-refractivity contribution >= 4 is 57.5 Å². The van der Waals surface area contributed by atoms with Crippen LogP contribution in [0, 0.1) is 0 Å². The Bertz CT molecular complexity index is 2280. The number of hydrogen-bond donors (Lipinski definition) is 0. The maximum absolute atomic E-state index is 14.5. The molecule has 1 amide bonds. The molecule has 0 bridgehead atoms. The standard InChI is InChI=1S/C37H33ClN4O6S/c1-3-48-36(45)32-33(23-9-5-4-6-10-23)39-37-42(34(32)27-20-25(38)13-14-29(27)46-2)35(44)30(49-37)19-24-21-41(28-12-8-7-11-26(24)28)22-31(43)40-15-17-47-18-16-40/h4-14,19-21,34H,3,15-18,22H2,1-2H3/b30-19-/t34-/m0/s1. The molecule has 2 aliphatic rings. The molecule has 2 aliphatic heterocycles. The van der Waals surface area contributed by atoms with Gasteiger partial charge in [0.1, 0.15) is 18.3 Å². The van der Waals surface area contributed by atoms with Crippen molar-refractivity contribution in [3.05, 3.63) is 126 Å². The van der Waals surface area contributed by atoms with E-state index in [-0.39, 0.29) is 30.2 Å². The van der Waals surface area contributed by atoms with Crippen LogP contribution < -0.4 is 19.6 Å². The molecule has 2 aromatic heterocycles. The third kappa shape index (κ3) is 6.21. The summed E-state index contributed by atoms with van der Waals surface area (Å²) >= 11 is 7.74. The molecular weight excluding hydrogens is 664 g/mol. The zero-order chi connectivity index (χ0) is 34.1. The molecule has 3 aromatic carbocycles. The van der Waals surface area contributed by atoms with Crippen LogP contribution in [0.25, 0.3) is 22.7 Å². The number of ether oxygens (including phenoxy) is 3. The van der Waals surface area contributed by atoms with E-state index in [0.717, 1.165) is 16.5 Å². The lowest BCUT2D eigenvalue weighted by molar-refractivity contribution is -0.139. The smallest absolute Gasteiger partial charge is 0.338 e. The summed E-state index contributed by atoms with van der Waals surface area (Å²) < 4.78 is 20.6. The molecule has 0 N–H and O–H groups in total. The van der Waals surface area contributed by atoms with Crippen molar-refractivity contribution in [2.45, 2.75) is 19.5 Å². The third-order valence-electron chi connectivity index (χ3n) is 8.64. The minimum absolute atomic E-state index is 0.00498. The minimum Gasteiger partial charge on any atom is -0.496 e. The fraction of sp³-hybridized carbons (Fsp3) is 0.243. The molecule has 0 unspecified atom stereocenters. The molecule has 49 heavy (non-hydrogen) atoms. The van der Waals surface area contributed by atoms with Gasteiger partial charge >= 0.3 is 5.97 Å². The number of nitrogens with zero attached hydrogens (tertiary/aromatic N) is 4. The predicted octanol–water partition coefficient (Wildman–Crippen LogP) is 4.41. The summed E-state index contributed by atoms with van der Waals surface area (Å²) in [7, 11) is 1.53. The summed E-state index contributed by atoms with van der Waals surface area (Å²) in [6.45, 7) is 4.19. The van der Waals surface area contributed by atoms with Gasteiger partial charge in [-0.1, -0.05) is 71.5 Å². The summed E-state index contributed by atoms with van der Waals surface area (Å²) in [4.78, 5) is 48.7. The molecule has 10 nitrogen and oxygen atoms in total. The summed E-state index contributed by atoms with van der Waals surface area (Å²) in [5.41, 5.74) is 3.13. The molecule has 0 radical (unpaired) electrons. The van der Waals surface area contributed by atoms with Gasteiger partial charge in [0, 0.05) is 51.9 Å². The average molecular weight is 697 g/mol. The van der Waals surface area contributed by atoms with Crippen molar-refractivity contribution < 1.29 is 23.8 Å². The first-order valence-corrected chi connectivity index (χ1v) is 17.1. The van der Waals surface area contributed by atoms with Gasteiger partial charge in [0.15, 0.2) is 4.80 Å². The Balaban J connectivity index is 1.43. The van der Waals surface area contributed by atoms with E-state index in [9.17, 15) is 14.4 Å². The fourth-order valence-electron chi connectivity index (χ4n) is 6.37.